The zero-order valence-electron chi connectivity index (χ0n) is 8.02. The summed E-state index contributed by atoms with van der Waals surface area (Å²) < 4.78 is 0. The highest BCUT2D eigenvalue weighted by atomic mass is 35.5. The van der Waals surface area contributed by atoms with Crippen LogP contribution >= 0.6 is 11.6 Å². The van der Waals surface area contributed by atoms with Gasteiger partial charge in [0.2, 0.25) is 0 Å². The SMILES string of the molecule is C/C=C/C(C)CC(C)(Cl)CC. The molecular weight excluding hydrogens is 156 g/mol. The molecule has 11 heavy (non-hydrogen) atoms. The first-order valence-electron chi connectivity index (χ1n) is 4.33. The molecule has 0 spiro atoms. The Balaban J connectivity index is 3.82. The molecule has 0 saturated heterocycles. The molecule has 0 aliphatic rings. The summed E-state index contributed by atoms with van der Waals surface area (Å²) in [7, 11) is 0. The van der Waals surface area contributed by atoms with E-state index >= 15 is 0 Å². The Kier molecular flexibility index (Phi) is 4.83. The Labute approximate surface area is 75.6 Å². The van der Waals surface area contributed by atoms with Crippen molar-refractivity contribution in [3.63, 3.8) is 0 Å². The van der Waals surface area contributed by atoms with Gasteiger partial charge in [-0.15, -0.1) is 11.6 Å². The first-order valence-corrected chi connectivity index (χ1v) is 4.71. The minimum Gasteiger partial charge on any atom is -0.120 e. The van der Waals surface area contributed by atoms with Crippen LogP contribution < -0.4 is 0 Å². The molecule has 0 aromatic rings. The Morgan fingerprint density at radius 3 is 2.45 bits per heavy atom. The van der Waals surface area contributed by atoms with Gasteiger partial charge < -0.3 is 0 Å². The number of hydrogen-bond donors (Lipinski definition) is 0. The Morgan fingerprint density at radius 1 is 1.55 bits per heavy atom. The minimum absolute atomic E-state index is 0.0150. The van der Waals surface area contributed by atoms with Crippen LogP contribution in [-0.4, -0.2) is 4.87 Å². The van der Waals surface area contributed by atoms with Crippen LogP contribution in [0.4, 0.5) is 0 Å². The Hall–Kier alpha value is 0.0300. The second-order valence-corrected chi connectivity index (χ2v) is 4.39. The van der Waals surface area contributed by atoms with Gasteiger partial charge >= 0.3 is 0 Å². The van der Waals surface area contributed by atoms with Gasteiger partial charge in [-0.25, -0.2) is 0 Å². The lowest BCUT2D eigenvalue weighted by molar-refractivity contribution is 0.488. The third-order valence-corrected chi connectivity index (χ3v) is 2.43. The van der Waals surface area contributed by atoms with Crippen molar-refractivity contribution in [2.24, 2.45) is 5.92 Å². The summed E-state index contributed by atoms with van der Waals surface area (Å²) in [6.45, 7) is 8.49. The van der Waals surface area contributed by atoms with E-state index in [2.05, 4.69) is 32.9 Å². The predicted molar refractivity (Wildman–Crippen MR) is 53.1 cm³/mol. The minimum atomic E-state index is -0.0150. The van der Waals surface area contributed by atoms with E-state index in [1.54, 1.807) is 0 Å². The first-order chi connectivity index (χ1) is 5.02. The van der Waals surface area contributed by atoms with Crippen molar-refractivity contribution in [2.45, 2.75) is 45.4 Å². The normalized spacial score (nSPS) is 20.1. The predicted octanol–water partition coefficient (Wildman–Crippen LogP) is 4.00. The van der Waals surface area contributed by atoms with E-state index in [1.165, 1.54) is 0 Å². The second-order valence-electron chi connectivity index (χ2n) is 3.47. The summed E-state index contributed by atoms with van der Waals surface area (Å²) in [6, 6.07) is 0. The smallest absolute Gasteiger partial charge is 0.0421 e. The van der Waals surface area contributed by atoms with Crippen molar-refractivity contribution in [3.8, 4) is 0 Å². The summed E-state index contributed by atoms with van der Waals surface area (Å²) in [4.78, 5) is -0.0150. The van der Waals surface area contributed by atoms with Crippen molar-refractivity contribution in [1.29, 1.82) is 0 Å². The number of hydrogen-bond acceptors (Lipinski definition) is 0. The van der Waals surface area contributed by atoms with Gasteiger partial charge in [-0.3, -0.25) is 0 Å². The zero-order valence-corrected chi connectivity index (χ0v) is 8.78. The number of halogens is 1. The van der Waals surface area contributed by atoms with Crippen LogP contribution in [0.3, 0.4) is 0 Å². The fourth-order valence-corrected chi connectivity index (χ4v) is 1.46. The van der Waals surface area contributed by atoms with E-state index in [-0.39, 0.29) is 4.87 Å². The molecule has 0 saturated carbocycles. The summed E-state index contributed by atoms with van der Waals surface area (Å²) in [5.41, 5.74) is 0. The first kappa shape index (κ1) is 11.0. The van der Waals surface area contributed by atoms with Crippen LogP contribution in [0.25, 0.3) is 0 Å². The summed E-state index contributed by atoms with van der Waals surface area (Å²) >= 11 is 6.22. The maximum Gasteiger partial charge on any atom is 0.0421 e. The molecule has 2 unspecified atom stereocenters. The molecule has 0 amide bonds. The standard InChI is InChI=1S/C10H19Cl/c1-5-7-9(3)8-10(4,11)6-2/h5,7,9H,6,8H2,1-4H3/b7-5+. The fourth-order valence-electron chi connectivity index (χ4n) is 1.21. The molecule has 1 heteroatoms. The fraction of sp³-hybridized carbons (Fsp3) is 0.800. The van der Waals surface area contributed by atoms with Gasteiger partial charge in [0.15, 0.2) is 0 Å². The lowest BCUT2D eigenvalue weighted by Gasteiger charge is -2.22. The van der Waals surface area contributed by atoms with Crippen molar-refractivity contribution in [1.82, 2.24) is 0 Å². The largest absolute Gasteiger partial charge is 0.120 e. The number of rotatable bonds is 4. The van der Waals surface area contributed by atoms with E-state index in [4.69, 9.17) is 11.6 Å². The monoisotopic (exact) mass is 174 g/mol. The maximum absolute atomic E-state index is 6.22. The molecule has 0 aromatic carbocycles. The molecule has 0 rings (SSSR count). The van der Waals surface area contributed by atoms with Gasteiger partial charge in [0.05, 0.1) is 0 Å². The van der Waals surface area contributed by atoms with Crippen LogP contribution in [0.1, 0.15) is 40.5 Å². The van der Waals surface area contributed by atoms with Gasteiger partial charge in [-0.05, 0) is 32.6 Å². The molecule has 0 fully saturated rings. The molecule has 0 N–H and O–H groups in total. The van der Waals surface area contributed by atoms with Crippen LogP contribution in [-0.2, 0) is 0 Å². The van der Waals surface area contributed by atoms with E-state index < -0.39 is 0 Å². The average Bonchev–Trinajstić information content (AvgIpc) is 1.87. The average molecular weight is 175 g/mol. The summed E-state index contributed by atoms with van der Waals surface area (Å²) in [5, 5.41) is 0. The highest BCUT2D eigenvalue weighted by molar-refractivity contribution is 6.23. The van der Waals surface area contributed by atoms with Gasteiger partial charge in [0.1, 0.15) is 0 Å². The molecule has 66 valence electrons. The molecule has 0 aromatic heterocycles. The van der Waals surface area contributed by atoms with E-state index in [1.807, 2.05) is 6.92 Å². The van der Waals surface area contributed by atoms with Gasteiger partial charge in [0, 0.05) is 4.87 Å². The highest BCUT2D eigenvalue weighted by Gasteiger charge is 2.19. The van der Waals surface area contributed by atoms with Gasteiger partial charge in [-0.2, -0.15) is 0 Å². The van der Waals surface area contributed by atoms with E-state index in [9.17, 15) is 0 Å². The van der Waals surface area contributed by atoms with Crippen molar-refractivity contribution in [2.75, 3.05) is 0 Å². The van der Waals surface area contributed by atoms with E-state index in [0.717, 1.165) is 12.8 Å². The van der Waals surface area contributed by atoms with Crippen molar-refractivity contribution in [3.05, 3.63) is 12.2 Å². The number of alkyl halides is 1. The van der Waals surface area contributed by atoms with Crippen LogP contribution in [0.5, 0.6) is 0 Å². The molecule has 0 aliphatic heterocycles. The summed E-state index contributed by atoms with van der Waals surface area (Å²) in [6.07, 6.45) is 6.40. The van der Waals surface area contributed by atoms with Crippen molar-refractivity contribution >= 4 is 11.6 Å². The van der Waals surface area contributed by atoms with Gasteiger partial charge in [-0.1, -0.05) is 26.0 Å². The topological polar surface area (TPSA) is 0 Å². The summed E-state index contributed by atoms with van der Waals surface area (Å²) in [5.74, 6) is 0.599. The molecule has 0 bridgehead atoms. The van der Waals surface area contributed by atoms with E-state index in [0.29, 0.717) is 5.92 Å². The molecule has 2 atom stereocenters. The molecular formula is C10H19Cl. The molecule has 0 radical (unpaired) electrons. The zero-order chi connectivity index (χ0) is 8.91. The van der Waals surface area contributed by atoms with Gasteiger partial charge in [0.25, 0.3) is 0 Å². The second kappa shape index (κ2) is 4.82. The van der Waals surface area contributed by atoms with Crippen LogP contribution in [0.15, 0.2) is 12.2 Å². The highest BCUT2D eigenvalue weighted by Crippen LogP contribution is 2.27. The number of allylic oxidation sites excluding steroid dienone is 2. The Bertz CT molecular complexity index is 125. The lowest BCUT2D eigenvalue weighted by Crippen LogP contribution is -2.17. The molecule has 0 nitrogen and oxygen atoms in total. The van der Waals surface area contributed by atoms with Crippen LogP contribution in [0, 0.1) is 5.92 Å². The molecule has 0 aliphatic carbocycles. The maximum atomic E-state index is 6.22. The van der Waals surface area contributed by atoms with Crippen LogP contribution in [0.2, 0.25) is 0 Å². The lowest BCUT2D eigenvalue weighted by atomic mass is 9.94. The van der Waals surface area contributed by atoms with Crippen molar-refractivity contribution < 1.29 is 0 Å². The third-order valence-electron chi connectivity index (χ3n) is 2.01. The quantitative estimate of drug-likeness (QED) is 0.447. The molecule has 0 heterocycles. The Morgan fingerprint density at radius 2 is 2.09 bits per heavy atom. The third kappa shape index (κ3) is 5.32.